The van der Waals surface area contributed by atoms with E-state index < -0.39 is 15.8 Å². The van der Waals surface area contributed by atoms with E-state index in [1.807, 2.05) is 38.1 Å². The molecule has 0 aliphatic carbocycles. The zero-order chi connectivity index (χ0) is 16.3. The van der Waals surface area contributed by atoms with Crippen LogP contribution >= 0.6 is 0 Å². The lowest BCUT2D eigenvalue weighted by molar-refractivity contribution is 0.548. The number of benzene rings is 2. The summed E-state index contributed by atoms with van der Waals surface area (Å²) in [6, 6.07) is 11.2. The predicted molar refractivity (Wildman–Crippen MR) is 85.7 cm³/mol. The van der Waals surface area contributed by atoms with Crippen molar-refractivity contribution in [3.63, 3.8) is 0 Å². The number of hydrogen-bond donors (Lipinski definition) is 1. The molecule has 22 heavy (non-hydrogen) atoms. The Morgan fingerprint density at radius 2 is 1.77 bits per heavy atom. The Balaban J connectivity index is 2.34. The van der Waals surface area contributed by atoms with E-state index in [2.05, 4.69) is 4.72 Å². The van der Waals surface area contributed by atoms with Gasteiger partial charge in [-0.3, -0.25) is 0 Å². The number of rotatable bonds is 5. The fourth-order valence-corrected chi connectivity index (χ4v) is 3.77. The number of sulfonamides is 1. The molecular formula is C17H20FNO2S. The van der Waals surface area contributed by atoms with Crippen LogP contribution in [0.15, 0.2) is 47.4 Å². The molecule has 1 N–H and O–H groups in total. The molecule has 0 aliphatic heterocycles. The molecule has 0 bridgehead atoms. The van der Waals surface area contributed by atoms with Crippen molar-refractivity contribution in [2.45, 2.75) is 38.1 Å². The second-order valence-electron chi connectivity index (χ2n) is 5.35. The molecule has 1 unspecified atom stereocenters. The maximum atomic E-state index is 13.3. The summed E-state index contributed by atoms with van der Waals surface area (Å²) in [5.41, 5.74) is 2.30. The molecule has 0 aromatic heterocycles. The van der Waals surface area contributed by atoms with Crippen molar-refractivity contribution in [1.29, 1.82) is 0 Å². The van der Waals surface area contributed by atoms with Crippen LogP contribution in [0.5, 0.6) is 0 Å². The van der Waals surface area contributed by atoms with Crippen LogP contribution < -0.4 is 4.72 Å². The Bertz CT molecular complexity index is 772. The summed E-state index contributed by atoms with van der Waals surface area (Å²) in [7, 11) is -3.69. The van der Waals surface area contributed by atoms with Crippen molar-refractivity contribution in [2.75, 3.05) is 0 Å². The lowest BCUT2D eigenvalue weighted by Gasteiger charge is -2.19. The first-order chi connectivity index (χ1) is 10.3. The monoisotopic (exact) mass is 321 g/mol. The third-order valence-corrected chi connectivity index (χ3v) is 5.18. The number of aryl methyl sites for hydroxylation is 2. The normalized spacial score (nSPS) is 13.1. The Morgan fingerprint density at radius 3 is 2.36 bits per heavy atom. The highest BCUT2D eigenvalue weighted by Gasteiger charge is 2.21. The van der Waals surface area contributed by atoms with Gasteiger partial charge >= 0.3 is 0 Å². The molecule has 3 nitrogen and oxygen atoms in total. The highest BCUT2D eigenvalue weighted by atomic mass is 32.2. The van der Waals surface area contributed by atoms with E-state index in [1.165, 1.54) is 18.2 Å². The van der Waals surface area contributed by atoms with E-state index in [4.69, 9.17) is 0 Å². The van der Waals surface area contributed by atoms with Crippen molar-refractivity contribution in [1.82, 2.24) is 4.72 Å². The molecule has 0 spiro atoms. The molecule has 0 radical (unpaired) electrons. The quantitative estimate of drug-likeness (QED) is 0.908. The van der Waals surface area contributed by atoms with Crippen LogP contribution in [0.25, 0.3) is 0 Å². The van der Waals surface area contributed by atoms with Gasteiger partial charge < -0.3 is 0 Å². The summed E-state index contributed by atoms with van der Waals surface area (Å²) in [5.74, 6) is -0.412. The number of halogens is 1. The predicted octanol–water partition coefficient (Wildman–Crippen LogP) is 3.87. The molecule has 118 valence electrons. The molecular weight excluding hydrogens is 301 g/mol. The maximum Gasteiger partial charge on any atom is 0.241 e. The molecule has 0 amide bonds. The summed E-state index contributed by atoms with van der Waals surface area (Å²) >= 11 is 0. The van der Waals surface area contributed by atoms with Crippen molar-refractivity contribution in [3.05, 3.63) is 65.0 Å². The minimum atomic E-state index is -3.69. The molecule has 1 atom stereocenters. The second kappa shape index (κ2) is 6.58. The Morgan fingerprint density at radius 1 is 1.09 bits per heavy atom. The molecule has 0 fully saturated rings. The lowest BCUT2D eigenvalue weighted by atomic mass is 10.0. The molecule has 0 saturated heterocycles. The molecule has 5 heteroatoms. The molecule has 0 saturated carbocycles. The van der Waals surface area contributed by atoms with Gasteiger partial charge in [-0.25, -0.2) is 17.5 Å². The van der Waals surface area contributed by atoms with Crippen LogP contribution in [0, 0.1) is 19.7 Å². The fourth-order valence-electron chi connectivity index (χ4n) is 2.38. The van der Waals surface area contributed by atoms with Crippen molar-refractivity contribution < 1.29 is 12.8 Å². The van der Waals surface area contributed by atoms with E-state index >= 15 is 0 Å². The maximum absolute atomic E-state index is 13.3. The summed E-state index contributed by atoms with van der Waals surface area (Å²) in [6.07, 6.45) is 0.629. The lowest BCUT2D eigenvalue weighted by Crippen LogP contribution is -2.28. The Labute approximate surface area is 131 Å². The van der Waals surface area contributed by atoms with Gasteiger partial charge in [0.15, 0.2) is 0 Å². The minimum Gasteiger partial charge on any atom is -0.207 e. The van der Waals surface area contributed by atoms with E-state index in [9.17, 15) is 12.8 Å². The minimum absolute atomic E-state index is 0.0819. The van der Waals surface area contributed by atoms with Crippen molar-refractivity contribution in [2.24, 2.45) is 0 Å². The van der Waals surface area contributed by atoms with Gasteiger partial charge in [-0.05, 0) is 55.2 Å². The van der Waals surface area contributed by atoms with E-state index in [-0.39, 0.29) is 10.9 Å². The number of hydrogen-bond acceptors (Lipinski definition) is 2. The zero-order valence-corrected chi connectivity index (χ0v) is 13.7. The summed E-state index contributed by atoms with van der Waals surface area (Å²) < 4.78 is 41.1. The molecule has 0 aliphatic rings. The van der Waals surface area contributed by atoms with Crippen molar-refractivity contribution in [3.8, 4) is 0 Å². The molecule has 0 heterocycles. The van der Waals surface area contributed by atoms with Crippen LogP contribution in [-0.2, 0) is 10.0 Å². The van der Waals surface area contributed by atoms with Crippen LogP contribution in [0.3, 0.4) is 0 Å². The number of nitrogens with one attached hydrogen (secondary N) is 1. The van der Waals surface area contributed by atoms with Gasteiger partial charge in [0.25, 0.3) is 0 Å². The van der Waals surface area contributed by atoms with Crippen molar-refractivity contribution >= 4 is 10.0 Å². The SMILES string of the molecule is CCC(NS(=O)(=O)c1ccc(F)c(C)c1)c1ccccc1C. The van der Waals surface area contributed by atoms with Gasteiger partial charge in [0.05, 0.1) is 4.90 Å². The Kier molecular flexibility index (Phi) is 4.98. The fraction of sp³-hybridized carbons (Fsp3) is 0.294. The molecule has 2 rings (SSSR count). The van der Waals surface area contributed by atoms with Crippen LogP contribution in [-0.4, -0.2) is 8.42 Å². The van der Waals surface area contributed by atoms with Crippen LogP contribution in [0.1, 0.15) is 36.1 Å². The second-order valence-corrected chi connectivity index (χ2v) is 7.06. The first-order valence-electron chi connectivity index (χ1n) is 7.19. The van der Waals surface area contributed by atoms with Gasteiger partial charge in [0.2, 0.25) is 10.0 Å². The van der Waals surface area contributed by atoms with Crippen LogP contribution in [0.2, 0.25) is 0 Å². The van der Waals surface area contributed by atoms with Gasteiger partial charge in [-0.2, -0.15) is 0 Å². The zero-order valence-electron chi connectivity index (χ0n) is 12.9. The third kappa shape index (κ3) is 3.54. The van der Waals surface area contributed by atoms with E-state index in [0.29, 0.717) is 12.0 Å². The largest absolute Gasteiger partial charge is 0.241 e. The Hall–Kier alpha value is -1.72. The third-order valence-electron chi connectivity index (χ3n) is 3.71. The molecule has 2 aromatic carbocycles. The van der Waals surface area contributed by atoms with Gasteiger partial charge in [-0.1, -0.05) is 31.2 Å². The van der Waals surface area contributed by atoms with Gasteiger partial charge in [-0.15, -0.1) is 0 Å². The van der Waals surface area contributed by atoms with E-state index in [0.717, 1.165) is 11.1 Å². The highest BCUT2D eigenvalue weighted by Crippen LogP contribution is 2.23. The average molecular weight is 321 g/mol. The average Bonchev–Trinajstić information content (AvgIpc) is 2.48. The van der Waals surface area contributed by atoms with Gasteiger partial charge in [0, 0.05) is 6.04 Å². The van der Waals surface area contributed by atoms with Crippen LogP contribution in [0.4, 0.5) is 4.39 Å². The first-order valence-corrected chi connectivity index (χ1v) is 8.67. The highest BCUT2D eigenvalue weighted by molar-refractivity contribution is 7.89. The van der Waals surface area contributed by atoms with E-state index in [1.54, 1.807) is 6.92 Å². The smallest absolute Gasteiger partial charge is 0.207 e. The first kappa shape index (κ1) is 16.6. The summed E-state index contributed by atoms with van der Waals surface area (Å²) in [5, 5.41) is 0. The summed E-state index contributed by atoms with van der Waals surface area (Å²) in [4.78, 5) is 0.0819. The standard InChI is InChI=1S/C17H20FNO2S/c1-4-17(15-8-6-5-7-12(15)2)19-22(20,21)14-9-10-16(18)13(3)11-14/h5-11,17,19H,4H2,1-3H3. The van der Waals surface area contributed by atoms with Gasteiger partial charge in [0.1, 0.15) is 5.82 Å². The summed E-state index contributed by atoms with van der Waals surface area (Å²) in [6.45, 7) is 5.43. The topological polar surface area (TPSA) is 46.2 Å². The molecule has 2 aromatic rings.